The lowest BCUT2D eigenvalue weighted by molar-refractivity contribution is -0.140. The highest BCUT2D eigenvalue weighted by Gasteiger charge is 2.65. The highest BCUT2D eigenvalue weighted by atomic mass is 28.4. The molecule has 3 aliphatic rings. The minimum absolute atomic E-state index is 0.269. The van der Waals surface area contributed by atoms with Crippen LogP contribution in [0.4, 0.5) is 0 Å². The van der Waals surface area contributed by atoms with Gasteiger partial charge in [-0.1, -0.05) is 39.0 Å². The molecule has 0 radical (unpaired) electrons. The van der Waals surface area contributed by atoms with Gasteiger partial charge < -0.3 is 4.43 Å². The van der Waals surface area contributed by atoms with Crippen molar-refractivity contribution in [2.75, 3.05) is 6.61 Å². The van der Waals surface area contributed by atoms with Crippen molar-refractivity contribution in [3.63, 3.8) is 0 Å². The fourth-order valence-electron chi connectivity index (χ4n) is 3.78. The summed E-state index contributed by atoms with van der Waals surface area (Å²) in [6, 6.07) is 8.19. The molecule has 2 bridgehead atoms. The largest absolute Gasteiger partial charge is 0.417 e. The zero-order valence-corrected chi connectivity index (χ0v) is 15.5. The van der Waals surface area contributed by atoms with Crippen LogP contribution in [0, 0.1) is 11.8 Å². The standard InChI is InChI=1S/C19H28O2Si/c1-18(2,3)22(4,5)21-13-17-15-10-19(17,11-15)16-8-6-7-14(9-16)12-20/h6-9,12,15,17H,10-11,13H2,1-5H3. The van der Waals surface area contributed by atoms with Crippen LogP contribution in [-0.4, -0.2) is 21.2 Å². The van der Waals surface area contributed by atoms with Crippen LogP contribution in [0.25, 0.3) is 0 Å². The van der Waals surface area contributed by atoms with Crippen LogP contribution >= 0.6 is 0 Å². The number of benzene rings is 1. The minimum atomic E-state index is -1.67. The fourth-order valence-corrected chi connectivity index (χ4v) is 4.80. The molecule has 0 aliphatic heterocycles. The predicted octanol–water partition coefficient (Wildman–Crippen LogP) is 4.80. The van der Waals surface area contributed by atoms with Crippen molar-refractivity contribution in [3.05, 3.63) is 35.4 Å². The normalized spacial score (nSPS) is 30.4. The molecule has 0 aromatic heterocycles. The van der Waals surface area contributed by atoms with Gasteiger partial charge in [0.25, 0.3) is 0 Å². The summed E-state index contributed by atoms with van der Waals surface area (Å²) in [5, 5.41) is 0.269. The van der Waals surface area contributed by atoms with Crippen LogP contribution in [0.3, 0.4) is 0 Å². The van der Waals surface area contributed by atoms with Crippen LogP contribution in [0.2, 0.25) is 18.1 Å². The van der Waals surface area contributed by atoms with E-state index in [2.05, 4.69) is 46.0 Å². The van der Waals surface area contributed by atoms with Gasteiger partial charge in [-0.05, 0) is 54.4 Å². The van der Waals surface area contributed by atoms with Crippen LogP contribution in [-0.2, 0) is 9.84 Å². The number of carbonyl (C=O) groups excluding carboxylic acids is 1. The highest BCUT2D eigenvalue weighted by molar-refractivity contribution is 6.74. The molecule has 0 spiro atoms. The third-order valence-corrected chi connectivity index (χ3v) is 11.1. The summed E-state index contributed by atoms with van der Waals surface area (Å²) < 4.78 is 6.47. The van der Waals surface area contributed by atoms with Crippen molar-refractivity contribution >= 4 is 14.6 Å². The molecular weight excluding hydrogens is 288 g/mol. The summed E-state index contributed by atoms with van der Waals surface area (Å²) in [5.74, 6) is 1.49. The molecule has 22 heavy (non-hydrogen) atoms. The maximum atomic E-state index is 11.0. The van der Waals surface area contributed by atoms with Gasteiger partial charge in [0.1, 0.15) is 6.29 Å². The Balaban J connectivity index is 1.71. The molecule has 3 aliphatic carbocycles. The summed E-state index contributed by atoms with van der Waals surface area (Å²) in [6.07, 6.45) is 3.51. The summed E-state index contributed by atoms with van der Waals surface area (Å²) in [7, 11) is -1.67. The van der Waals surface area contributed by atoms with E-state index in [-0.39, 0.29) is 5.04 Å². The average Bonchev–Trinajstić information content (AvgIpc) is 2.35. The Morgan fingerprint density at radius 1 is 1.32 bits per heavy atom. The van der Waals surface area contributed by atoms with Crippen LogP contribution in [0.5, 0.6) is 0 Å². The van der Waals surface area contributed by atoms with Gasteiger partial charge in [-0.25, -0.2) is 0 Å². The van der Waals surface area contributed by atoms with Crippen molar-refractivity contribution in [3.8, 4) is 0 Å². The van der Waals surface area contributed by atoms with E-state index < -0.39 is 8.32 Å². The van der Waals surface area contributed by atoms with E-state index in [4.69, 9.17) is 4.43 Å². The zero-order valence-electron chi connectivity index (χ0n) is 14.5. The molecule has 2 nitrogen and oxygen atoms in total. The molecule has 3 heteroatoms. The van der Waals surface area contributed by atoms with E-state index in [1.54, 1.807) is 0 Å². The number of carbonyl (C=O) groups is 1. The Labute approximate surface area is 135 Å². The first-order valence-corrected chi connectivity index (χ1v) is 11.3. The van der Waals surface area contributed by atoms with Crippen molar-refractivity contribution in [2.45, 2.75) is 57.2 Å². The molecule has 1 aromatic carbocycles. The lowest BCUT2D eigenvalue weighted by Crippen LogP contribution is -2.66. The first-order chi connectivity index (χ1) is 10.2. The lowest BCUT2D eigenvalue weighted by atomic mass is 9.36. The van der Waals surface area contributed by atoms with Crippen molar-refractivity contribution in [1.82, 2.24) is 0 Å². The second-order valence-electron chi connectivity index (χ2n) is 8.75. The number of rotatable bonds is 5. The first kappa shape index (κ1) is 15.9. The quantitative estimate of drug-likeness (QED) is 0.576. The van der Waals surface area contributed by atoms with Crippen molar-refractivity contribution in [2.24, 2.45) is 11.8 Å². The third kappa shape index (κ3) is 2.30. The minimum Gasteiger partial charge on any atom is -0.417 e. The summed E-state index contributed by atoms with van der Waals surface area (Å²) in [5.41, 5.74) is 2.45. The van der Waals surface area contributed by atoms with Gasteiger partial charge in [-0.2, -0.15) is 0 Å². The summed E-state index contributed by atoms with van der Waals surface area (Å²) >= 11 is 0. The van der Waals surface area contributed by atoms with Gasteiger partial charge in [0.2, 0.25) is 0 Å². The van der Waals surface area contributed by atoms with Crippen LogP contribution in [0.15, 0.2) is 24.3 Å². The second kappa shape index (κ2) is 5.03. The molecule has 0 amide bonds. The first-order valence-electron chi connectivity index (χ1n) is 8.39. The van der Waals surface area contributed by atoms with Crippen molar-refractivity contribution < 1.29 is 9.22 Å². The number of aldehydes is 1. The van der Waals surface area contributed by atoms with Crippen LogP contribution < -0.4 is 0 Å². The maximum absolute atomic E-state index is 11.0. The van der Waals surface area contributed by atoms with Gasteiger partial charge in [0.15, 0.2) is 8.32 Å². The molecule has 4 rings (SSSR count). The summed E-state index contributed by atoms with van der Waals surface area (Å²) in [4.78, 5) is 11.0. The van der Waals surface area contributed by atoms with Crippen LogP contribution in [0.1, 0.15) is 49.5 Å². The predicted molar refractivity (Wildman–Crippen MR) is 92.9 cm³/mol. The van der Waals surface area contributed by atoms with E-state index in [1.165, 1.54) is 18.4 Å². The number of hydrogen-bond donors (Lipinski definition) is 0. The van der Waals surface area contributed by atoms with E-state index >= 15 is 0 Å². The van der Waals surface area contributed by atoms with Gasteiger partial charge in [-0.15, -0.1) is 0 Å². The Kier molecular flexibility index (Phi) is 3.65. The molecule has 1 unspecified atom stereocenters. The zero-order chi connectivity index (χ0) is 16.2. The van der Waals surface area contributed by atoms with Crippen molar-refractivity contribution in [1.29, 1.82) is 0 Å². The number of hydrogen-bond acceptors (Lipinski definition) is 2. The monoisotopic (exact) mass is 316 g/mol. The fraction of sp³-hybridized carbons (Fsp3) is 0.632. The Morgan fingerprint density at radius 2 is 2.00 bits per heavy atom. The molecule has 1 aromatic rings. The molecular formula is C19H28O2Si. The maximum Gasteiger partial charge on any atom is 0.191 e. The van der Waals surface area contributed by atoms with E-state index in [0.29, 0.717) is 11.3 Å². The Morgan fingerprint density at radius 3 is 2.50 bits per heavy atom. The molecule has 3 saturated carbocycles. The third-order valence-electron chi connectivity index (χ3n) is 6.56. The van der Waals surface area contributed by atoms with E-state index in [1.807, 2.05) is 12.1 Å². The molecule has 120 valence electrons. The molecule has 3 fully saturated rings. The second-order valence-corrected chi connectivity index (χ2v) is 13.6. The van der Waals surface area contributed by atoms with E-state index in [9.17, 15) is 4.79 Å². The Bertz CT molecular complexity index is 579. The summed E-state index contributed by atoms with van der Waals surface area (Å²) in [6.45, 7) is 12.4. The lowest BCUT2D eigenvalue weighted by Gasteiger charge is -2.69. The SMILES string of the molecule is CC(C)(C)[Si](C)(C)OCC1C2CC1(c1cccc(C=O)c1)C2. The van der Waals surface area contributed by atoms with Gasteiger partial charge >= 0.3 is 0 Å². The molecule has 0 saturated heterocycles. The smallest absolute Gasteiger partial charge is 0.191 e. The van der Waals surface area contributed by atoms with E-state index in [0.717, 1.165) is 24.4 Å². The highest BCUT2D eigenvalue weighted by Crippen LogP contribution is 2.69. The topological polar surface area (TPSA) is 26.3 Å². The molecule has 0 heterocycles. The van der Waals surface area contributed by atoms with Gasteiger partial charge in [0, 0.05) is 17.6 Å². The van der Waals surface area contributed by atoms with Gasteiger partial charge in [0.05, 0.1) is 0 Å². The average molecular weight is 317 g/mol. The molecule has 0 N–H and O–H groups in total. The van der Waals surface area contributed by atoms with Gasteiger partial charge in [-0.3, -0.25) is 4.79 Å². The Hall–Kier alpha value is -0.933. The molecule has 1 atom stereocenters.